The summed E-state index contributed by atoms with van der Waals surface area (Å²) in [5.41, 5.74) is 6.05. The van der Waals surface area contributed by atoms with Gasteiger partial charge in [-0.3, -0.25) is 9.59 Å². The highest BCUT2D eigenvalue weighted by Crippen LogP contribution is 2.14. The molecular weight excluding hydrogens is 228 g/mol. The maximum absolute atomic E-state index is 11.9. The lowest BCUT2D eigenvalue weighted by Gasteiger charge is -2.18. The molecule has 0 aliphatic rings. The van der Waals surface area contributed by atoms with Gasteiger partial charge in [0.2, 0.25) is 11.8 Å². The molecule has 2 atom stereocenters. The molecule has 4 heteroatoms. The van der Waals surface area contributed by atoms with Gasteiger partial charge in [-0.15, -0.1) is 0 Å². The molecule has 0 aliphatic carbocycles. The molecule has 2 unspecified atom stereocenters. The van der Waals surface area contributed by atoms with Crippen molar-refractivity contribution in [3.63, 3.8) is 0 Å². The molecule has 0 aliphatic heterocycles. The molecule has 0 saturated carbocycles. The van der Waals surface area contributed by atoms with Crippen LogP contribution in [0.25, 0.3) is 0 Å². The zero-order valence-electron chi connectivity index (χ0n) is 10.8. The van der Waals surface area contributed by atoms with Crippen molar-refractivity contribution in [3.05, 3.63) is 35.9 Å². The molecule has 0 fully saturated rings. The SMILES string of the molecule is CCCC(C)C(=O)NC(C(N)=O)c1ccccc1. The van der Waals surface area contributed by atoms with Crippen molar-refractivity contribution < 1.29 is 9.59 Å². The standard InChI is InChI=1S/C14H20N2O2/c1-3-7-10(2)14(18)16-12(13(15)17)11-8-5-4-6-9-11/h4-6,8-10,12H,3,7H2,1-2H3,(H2,15,17)(H,16,18). The van der Waals surface area contributed by atoms with Gasteiger partial charge in [0.25, 0.3) is 0 Å². The molecule has 0 radical (unpaired) electrons. The number of hydrogen-bond acceptors (Lipinski definition) is 2. The predicted molar refractivity (Wildman–Crippen MR) is 70.6 cm³/mol. The largest absolute Gasteiger partial charge is 0.368 e. The molecule has 18 heavy (non-hydrogen) atoms. The second-order valence-electron chi connectivity index (χ2n) is 4.44. The van der Waals surface area contributed by atoms with Crippen LogP contribution in [-0.2, 0) is 9.59 Å². The van der Waals surface area contributed by atoms with Crippen LogP contribution in [0.3, 0.4) is 0 Å². The van der Waals surface area contributed by atoms with Gasteiger partial charge in [-0.1, -0.05) is 50.6 Å². The Morgan fingerprint density at radius 3 is 2.39 bits per heavy atom. The lowest BCUT2D eigenvalue weighted by Crippen LogP contribution is -2.39. The lowest BCUT2D eigenvalue weighted by atomic mass is 10.0. The topological polar surface area (TPSA) is 72.2 Å². The van der Waals surface area contributed by atoms with E-state index in [0.29, 0.717) is 5.56 Å². The van der Waals surface area contributed by atoms with Gasteiger partial charge in [-0.05, 0) is 12.0 Å². The summed E-state index contributed by atoms with van der Waals surface area (Å²) in [5, 5.41) is 2.70. The molecule has 3 N–H and O–H groups in total. The Hall–Kier alpha value is -1.84. The van der Waals surface area contributed by atoms with Crippen LogP contribution in [-0.4, -0.2) is 11.8 Å². The number of primary amides is 1. The average molecular weight is 248 g/mol. The van der Waals surface area contributed by atoms with Crippen molar-refractivity contribution in [3.8, 4) is 0 Å². The van der Waals surface area contributed by atoms with E-state index in [-0.39, 0.29) is 11.8 Å². The molecule has 98 valence electrons. The number of carbonyl (C=O) groups excluding carboxylic acids is 2. The minimum absolute atomic E-state index is 0.111. The summed E-state index contributed by atoms with van der Waals surface area (Å²) in [6.45, 7) is 3.87. The van der Waals surface area contributed by atoms with Crippen molar-refractivity contribution in [2.45, 2.75) is 32.7 Å². The monoisotopic (exact) mass is 248 g/mol. The number of nitrogens with two attached hydrogens (primary N) is 1. The number of amides is 2. The van der Waals surface area contributed by atoms with Crippen molar-refractivity contribution in [2.24, 2.45) is 11.7 Å². The van der Waals surface area contributed by atoms with Crippen molar-refractivity contribution in [2.75, 3.05) is 0 Å². The maximum atomic E-state index is 11.9. The van der Waals surface area contributed by atoms with E-state index >= 15 is 0 Å². The van der Waals surface area contributed by atoms with E-state index < -0.39 is 11.9 Å². The first-order valence-electron chi connectivity index (χ1n) is 6.21. The Kier molecular flexibility index (Phi) is 5.36. The van der Waals surface area contributed by atoms with Gasteiger partial charge in [0.1, 0.15) is 6.04 Å². The number of nitrogens with one attached hydrogen (secondary N) is 1. The van der Waals surface area contributed by atoms with Crippen LogP contribution in [0.15, 0.2) is 30.3 Å². The summed E-state index contributed by atoms with van der Waals surface area (Å²) >= 11 is 0. The van der Waals surface area contributed by atoms with Gasteiger partial charge in [0, 0.05) is 5.92 Å². The lowest BCUT2D eigenvalue weighted by molar-refractivity contribution is -0.129. The third-order valence-electron chi connectivity index (χ3n) is 2.87. The summed E-state index contributed by atoms with van der Waals surface area (Å²) in [4.78, 5) is 23.3. The zero-order chi connectivity index (χ0) is 13.5. The van der Waals surface area contributed by atoms with Crippen molar-refractivity contribution >= 4 is 11.8 Å². The van der Waals surface area contributed by atoms with Crippen LogP contribution in [0.5, 0.6) is 0 Å². The Morgan fingerprint density at radius 1 is 1.28 bits per heavy atom. The van der Waals surface area contributed by atoms with E-state index in [2.05, 4.69) is 5.32 Å². The molecule has 0 heterocycles. The van der Waals surface area contributed by atoms with Crippen molar-refractivity contribution in [1.82, 2.24) is 5.32 Å². The highest BCUT2D eigenvalue weighted by Gasteiger charge is 2.22. The summed E-state index contributed by atoms with van der Waals surface area (Å²) in [6.07, 6.45) is 1.73. The molecule has 1 rings (SSSR count). The summed E-state index contributed by atoms with van der Waals surface area (Å²) < 4.78 is 0. The Labute approximate surface area is 108 Å². The average Bonchev–Trinajstić information content (AvgIpc) is 2.36. The molecule has 2 amide bonds. The van der Waals surface area contributed by atoms with E-state index in [9.17, 15) is 9.59 Å². The van der Waals surface area contributed by atoms with Gasteiger partial charge in [-0.25, -0.2) is 0 Å². The third-order valence-corrected chi connectivity index (χ3v) is 2.87. The second-order valence-corrected chi connectivity index (χ2v) is 4.44. The van der Waals surface area contributed by atoms with Crippen LogP contribution >= 0.6 is 0 Å². The predicted octanol–water partition coefficient (Wildman–Crippen LogP) is 1.77. The Balaban J connectivity index is 2.76. The number of benzene rings is 1. The quantitative estimate of drug-likeness (QED) is 0.805. The summed E-state index contributed by atoms with van der Waals surface area (Å²) in [7, 11) is 0. The molecule has 0 spiro atoms. The smallest absolute Gasteiger partial charge is 0.244 e. The Bertz CT molecular complexity index is 404. The fourth-order valence-electron chi connectivity index (χ4n) is 1.81. The molecule has 0 saturated heterocycles. The number of hydrogen-bond donors (Lipinski definition) is 2. The van der Waals surface area contributed by atoms with Gasteiger partial charge >= 0.3 is 0 Å². The first-order valence-corrected chi connectivity index (χ1v) is 6.21. The van der Waals surface area contributed by atoms with Crippen LogP contribution in [0.1, 0.15) is 38.3 Å². The molecule has 0 aromatic heterocycles. The van der Waals surface area contributed by atoms with Crippen LogP contribution < -0.4 is 11.1 Å². The van der Waals surface area contributed by atoms with Crippen LogP contribution in [0.2, 0.25) is 0 Å². The van der Waals surface area contributed by atoms with E-state index in [0.717, 1.165) is 12.8 Å². The maximum Gasteiger partial charge on any atom is 0.244 e. The van der Waals surface area contributed by atoms with E-state index in [4.69, 9.17) is 5.73 Å². The fourth-order valence-corrected chi connectivity index (χ4v) is 1.81. The first-order chi connectivity index (χ1) is 8.56. The van der Waals surface area contributed by atoms with E-state index in [1.54, 1.807) is 12.1 Å². The molecule has 1 aromatic carbocycles. The minimum atomic E-state index is -0.752. The molecular formula is C14H20N2O2. The first kappa shape index (κ1) is 14.2. The molecule has 0 bridgehead atoms. The van der Waals surface area contributed by atoms with Gasteiger partial charge in [-0.2, -0.15) is 0 Å². The number of rotatable bonds is 6. The second kappa shape index (κ2) is 6.79. The Morgan fingerprint density at radius 2 is 1.89 bits per heavy atom. The fraction of sp³-hybridized carbons (Fsp3) is 0.429. The summed E-state index contributed by atoms with van der Waals surface area (Å²) in [6, 6.07) is 8.28. The van der Waals surface area contributed by atoms with Gasteiger partial charge in [0.05, 0.1) is 0 Å². The number of carbonyl (C=O) groups is 2. The van der Waals surface area contributed by atoms with Crippen LogP contribution in [0.4, 0.5) is 0 Å². The van der Waals surface area contributed by atoms with Gasteiger partial charge < -0.3 is 11.1 Å². The molecule has 4 nitrogen and oxygen atoms in total. The van der Waals surface area contributed by atoms with E-state index in [1.807, 2.05) is 32.0 Å². The van der Waals surface area contributed by atoms with Gasteiger partial charge in [0.15, 0.2) is 0 Å². The zero-order valence-corrected chi connectivity index (χ0v) is 10.8. The third kappa shape index (κ3) is 3.87. The van der Waals surface area contributed by atoms with E-state index in [1.165, 1.54) is 0 Å². The van der Waals surface area contributed by atoms with Crippen LogP contribution in [0, 0.1) is 5.92 Å². The highest BCUT2D eigenvalue weighted by atomic mass is 16.2. The minimum Gasteiger partial charge on any atom is -0.368 e. The van der Waals surface area contributed by atoms with Crippen molar-refractivity contribution in [1.29, 1.82) is 0 Å². The molecule has 1 aromatic rings. The highest BCUT2D eigenvalue weighted by molar-refractivity contribution is 5.88. The summed E-state index contributed by atoms with van der Waals surface area (Å²) in [5.74, 6) is -0.789. The normalized spacial score (nSPS) is 13.7.